The minimum absolute atomic E-state index is 0.0191. The van der Waals surface area contributed by atoms with E-state index in [1.165, 1.54) is 109 Å². The van der Waals surface area contributed by atoms with E-state index in [2.05, 4.69) is 55.6 Å². The van der Waals surface area contributed by atoms with Crippen LogP contribution in [0.2, 0.25) is 0 Å². The molecule has 0 saturated carbocycles. The third-order valence-corrected chi connectivity index (χ3v) is 10.7. The van der Waals surface area contributed by atoms with Gasteiger partial charge in [-0.05, 0) is 77.7 Å². The number of ether oxygens (including phenoxy) is 2. The van der Waals surface area contributed by atoms with Crippen LogP contribution in [-0.4, -0.2) is 56.3 Å². The van der Waals surface area contributed by atoms with E-state index < -0.39 is 26.5 Å². The van der Waals surface area contributed by atoms with E-state index >= 15 is 0 Å². The van der Waals surface area contributed by atoms with Gasteiger partial charge in [0.25, 0.3) is 0 Å². The van der Waals surface area contributed by atoms with Crippen molar-refractivity contribution in [3.8, 4) is 0 Å². The van der Waals surface area contributed by atoms with Crippen LogP contribution in [-0.2, 0) is 32.7 Å². The van der Waals surface area contributed by atoms with E-state index in [0.717, 1.165) is 64.2 Å². The molecule has 0 rings (SSSR count). The second-order valence-corrected chi connectivity index (χ2v) is 16.7. The maximum atomic E-state index is 12.6. The van der Waals surface area contributed by atoms with E-state index in [1.54, 1.807) is 7.05 Å². The molecule has 0 amide bonds. The second kappa shape index (κ2) is 42.8. The van der Waals surface area contributed by atoms with E-state index in [-0.39, 0.29) is 32.0 Å². The van der Waals surface area contributed by atoms with Crippen molar-refractivity contribution >= 4 is 19.8 Å². The van der Waals surface area contributed by atoms with Crippen molar-refractivity contribution in [1.29, 1.82) is 0 Å². The number of rotatable bonds is 43. The van der Waals surface area contributed by atoms with Crippen LogP contribution in [0.3, 0.4) is 0 Å². The molecule has 0 heterocycles. The number of nitrogens with one attached hydrogen (secondary N) is 1. The number of carbonyl (C=O) groups is 2. The first-order valence-corrected chi connectivity index (χ1v) is 24.4. The summed E-state index contributed by atoms with van der Waals surface area (Å²) < 4.78 is 33.2. The SMILES string of the molecule is CCCCC/C=C\C/C=C\CCCCCCCCCC(=O)OCC(COP(=O)(O)OCCNC)OC(=O)CCCCCCCCC/C=C\CCCCCCCC. The van der Waals surface area contributed by atoms with Crippen LogP contribution in [0.15, 0.2) is 36.5 Å². The number of esters is 2. The lowest BCUT2D eigenvalue weighted by Crippen LogP contribution is -2.29. The molecule has 0 radical (unpaired) electrons. The van der Waals surface area contributed by atoms with Crippen LogP contribution in [0, 0.1) is 0 Å². The van der Waals surface area contributed by atoms with Crippen molar-refractivity contribution in [2.24, 2.45) is 0 Å². The Morgan fingerprint density at radius 1 is 0.554 bits per heavy atom. The van der Waals surface area contributed by atoms with Crippen molar-refractivity contribution in [1.82, 2.24) is 5.32 Å². The Balaban J connectivity index is 4.20. The van der Waals surface area contributed by atoms with Gasteiger partial charge in [-0.3, -0.25) is 18.6 Å². The molecule has 2 unspecified atom stereocenters. The van der Waals surface area contributed by atoms with Gasteiger partial charge in [0.15, 0.2) is 6.10 Å². The molecular formula is C46H86NO8P. The number of phosphoric ester groups is 1. The zero-order valence-electron chi connectivity index (χ0n) is 36.3. The molecule has 2 atom stereocenters. The lowest BCUT2D eigenvalue weighted by Gasteiger charge is -2.20. The molecule has 0 spiro atoms. The van der Waals surface area contributed by atoms with Crippen molar-refractivity contribution in [3.63, 3.8) is 0 Å². The second-order valence-electron chi connectivity index (χ2n) is 15.2. The number of phosphoric acid groups is 1. The molecule has 0 bridgehead atoms. The molecule has 0 aliphatic rings. The predicted octanol–water partition coefficient (Wildman–Crippen LogP) is 13.2. The van der Waals surface area contributed by atoms with Crippen molar-refractivity contribution in [2.45, 2.75) is 213 Å². The Morgan fingerprint density at radius 3 is 1.46 bits per heavy atom. The highest BCUT2D eigenvalue weighted by Gasteiger charge is 2.26. The normalized spacial score (nSPS) is 13.6. The number of hydrogen-bond acceptors (Lipinski definition) is 8. The average Bonchev–Trinajstić information content (AvgIpc) is 3.18. The van der Waals surface area contributed by atoms with Gasteiger partial charge in [0.05, 0.1) is 13.2 Å². The van der Waals surface area contributed by atoms with Crippen LogP contribution in [0.5, 0.6) is 0 Å². The maximum Gasteiger partial charge on any atom is 0.472 e. The Bertz CT molecular complexity index is 1020. The van der Waals surface area contributed by atoms with Crippen LogP contribution < -0.4 is 5.32 Å². The van der Waals surface area contributed by atoms with E-state index in [9.17, 15) is 19.0 Å². The molecule has 0 fully saturated rings. The molecule has 9 nitrogen and oxygen atoms in total. The Labute approximate surface area is 344 Å². The molecule has 0 aliphatic heterocycles. The van der Waals surface area contributed by atoms with Gasteiger partial charge in [-0.25, -0.2) is 4.57 Å². The first kappa shape index (κ1) is 54.2. The van der Waals surface area contributed by atoms with Gasteiger partial charge >= 0.3 is 19.8 Å². The fourth-order valence-corrected chi connectivity index (χ4v) is 6.98. The summed E-state index contributed by atoms with van der Waals surface area (Å²) in [5, 5.41) is 2.82. The van der Waals surface area contributed by atoms with Crippen LogP contribution in [0.25, 0.3) is 0 Å². The summed E-state index contributed by atoms with van der Waals surface area (Å²) in [5.74, 6) is -0.817. The smallest absolute Gasteiger partial charge is 0.462 e. The third kappa shape index (κ3) is 41.9. The van der Waals surface area contributed by atoms with Gasteiger partial charge in [-0.2, -0.15) is 0 Å². The lowest BCUT2D eigenvalue weighted by atomic mass is 10.1. The highest BCUT2D eigenvalue weighted by molar-refractivity contribution is 7.47. The third-order valence-electron chi connectivity index (χ3n) is 9.73. The number of carbonyl (C=O) groups excluding carboxylic acids is 2. The van der Waals surface area contributed by atoms with Gasteiger partial charge < -0.3 is 19.7 Å². The van der Waals surface area contributed by atoms with Crippen LogP contribution in [0.4, 0.5) is 0 Å². The molecule has 0 aromatic rings. The van der Waals surface area contributed by atoms with Crippen LogP contribution in [0.1, 0.15) is 206 Å². The first-order valence-electron chi connectivity index (χ1n) is 22.9. The molecular weight excluding hydrogens is 725 g/mol. The minimum Gasteiger partial charge on any atom is -0.462 e. The largest absolute Gasteiger partial charge is 0.472 e. The summed E-state index contributed by atoms with van der Waals surface area (Å²) in [6.07, 6.45) is 46.1. The Morgan fingerprint density at radius 2 is 0.964 bits per heavy atom. The number of likely N-dealkylation sites (N-methyl/N-ethyl adjacent to an activating group) is 1. The van der Waals surface area contributed by atoms with E-state index in [0.29, 0.717) is 13.0 Å². The van der Waals surface area contributed by atoms with Crippen molar-refractivity contribution in [2.75, 3.05) is 33.4 Å². The molecule has 10 heteroatoms. The number of allylic oxidation sites excluding steroid dienone is 6. The fourth-order valence-electron chi connectivity index (χ4n) is 6.22. The van der Waals surface area contributed by atoms with Gasteiger partial charge in [-0.15, -0.1) is 0 Å². The summed E-state index contributed by atoms with van der Waals surface area (Å²) in [6.45, 7) is 4.20. The van der Waals surface area contributed by atoms with Crippen LogP contribution >= 0.6 is 7.82 Å². The molecule has 0 aliphatic carbocycles. The van der Waals surface area contributed by atoms with Crippen molar-refractivity contribution in [3.05, 3.63) is 36.5 Å². The Hall–Kier alpha value is -1.77. The first-order chi connectivity index (χ1) is 27.3. The molecule has 0 aromatic carbocycles. The molecule has 0 aromatic heterocycles. The summed E-state index contributed by atoms with van der Waals surface area (Å²) in [4.78, 5) is 35.1. The summed E-state index contributed by atoms with van der Waals surface area (Å²) in [6, 6.07) is 0. The van der Waals surface area contributed by atoms with Crippen molar-refractivity contribution < 1.29 is 37.6 Å². The summed E-state index contributed by atoms with van der Waals surface area (Å²) >= 11 is 0. The zero-order valence-corrected chi connectivity index (χ0v) is 37.2. The van der Waals surface area contributed by atoms with E-state index in [4.69, 9.17) is 18.5 Å². The molecule has 328 valence electrons. The predicted molar refractivity (Wildman–Crippen MR) is 234 cm³/mol. The lowest BCUT2D eigenvalue weighted by molar-refractivity contribution is -0.161. The van der Waals surface area contributed by atoms with Gasteiger partial charge in [0.2, 0.25) is 0 Å². The Kier molecular flexibility index (Phi) is 41.5. The fraction of sp³-hybridized carbons (Fsp3) is 0.826. The number of hydrogen-bond donors (Lipinski definition) is 2. The molecule has 2 N–H and O–H groups in total. The highest BCUT2D eigenvalue weighted by atomic mass is 31.2. The topological polar surface area (TPSA) is 120 Å². The quantitative estimate of drug-likeness (QED) is 0.0268. The maximum absolute atomic E-state index is 12.6. The van der Waals surface area contributed by atoms with Gasteiger partial charge in [0.1, 0.15) is 6.61 Å². The summed E-state index contributed by atoms with van der Waals surface area (Å²) in [5.41, 5.74) is 0. The monoisotopic (exact) mass is 812 g/mol. The number of unbranched alkanes of at least 4 members (excludes halogenated alkanes) is 23. The van der Waals surface area contributed by atoms with E-state index in [1.807, 2.05) is 0 Å². The molecule has 56 heavy (non-hydrogen) atoms. The summed E-state index contributed by atoms with van der Waals surface area (Å²) in [7, 11) is -2.65. The minimum atomic E-state index is -4.35. The highest BCUT2D eigenvalue weighted by Crippen LogP contribution is 2.43. The zero-order chi connectivity index (χ0) is 41.1. The van der Waals surface area contributed by atoms with Gasteiger partial charge in [0, 0.05) is 19.4 Å². The van der Waals surface area contributed by atoms with Gasteiger partial charge in [-0.1, -0.05) is 159 Å². The molecule has 0 saturated heterocycles. The average molecular weight is 812 g/mol. The standard InChI is InChI=1S/C46H86NO8P/c1-4-6-8-10-12-14-16-18-20-22-24-26-28-30-32-34-36-38-45(48)52-42-44(43-54-56(50,51)53-41-40-47-3)55-46(49)39-37-35-33-31-29-27-25-23-21-19-17-15-13-11-9-7-5-2/h12,14,18-21,44,47H,4-11,13,15-17,22-43H2,1-3H3,(H,50,51)/b14-12-,20-18-,21-19-.